The van der Waals surface area contributed by atoms with E-state index in [0.717, 1.165) is 16.3 Å². The molecular formula is C21H17F3O4. The number of rotatable bonds is 5. The van der Waals surface area contributed by atoms with Crippen LogP contribution in [0.4, 0.5) is 13.2 Å². The van der Waals surface area contributed by atoms with Gasteiger partial charge in [-0.15, -0.1) is 13.2 Å². The number of carbonyl (C=O) groups is 1. The van der Waals surface area contributed by atoms with Crippen molar-refractivity contribution >= 4 is 16.7 Å². The van der Waals surface area contributed by atoms with E-state index in [4.69, 9.17) is 9.47 Å². The standard InChI is InChI=1S/C21H17F3O4/c1-13-3-6-15-7-10-17(20(25)26-2)19(18(15)11-13)27-12-14-4-8-16(9-5-14)28-21(22,23)24/h3-11H,12H2,1-2H3. The molecule has 0 atom stereocenters. The molecule has 0 saturated carbocycles. The number of aryl methyl sites for hydroxylation is 1. The number of hydrogen-bond donors (Lipinski definition) is 0. The summed E-state index contributed by atoms with van der Waals surface area (Å²) in [4.78, 5) is 12.1. The summed E-state index contributed by atoms with van der Waals surface area (Å²) in [5.74, 6) is -0.483. The highest BCUT2D eigenvalue weighted by Crippen LogP contribution is 2.32. The number of carbonyl (C=O) groups excluding carboxylic acids is 1. The largest absolute Gasteiger partial charge is 0.573 e. The van der Waals surface area contributed by atoms with Crippen LogP contribution in [0.15, 0.2) is 54.6 Å². The Morgan fingerprint density at radius 3 is 2.32 bits per heavy atom. The molecule has 0 amide bonds. The number of hydrogen-bond acceptors (Lipinski definition) is 4. The van der Waals surface area contributed by atoms with E-state index in [0.29, 0.717) is 11.3 Å². The third kappa shape index (κ3) is 4.54. The SMILES string of the molecule is COC(=O)c1ccc2ccc(C)cc2c1OCc1ccc(OC(F)(F)F)cc1. The lowest BCUT2D eigenvalue weighted by Crippen LogP contribution is -2.17. The zero-order valence-electron chi connectivity index (χ0n) is 15.2. The zero-order valence-corrected chi connectivity index (χ0v) is 15.2. The van der Waals surface area contributed by atoms with Gasteiger partial charge in [0.1, 0.15) is 23.7 Å². The highest BCUT2D eigenvalue weighted by Gasteiger charge is 2.30. The summed E-state index contributed by atoms with van der Waals surface area (Å²) in [5, 5.41) is 1.64. The normalized spacial score (nSPS) is 11.3. The first-order valence-electron chi connectivity index (χ1n) is 8.36. The van der Waals surface area contributed by atoms with Gasteiger partial charge in [-0.3, -0.25) is 0 Å². The number of esters is 1. The van der Waals surface area contributed by atoms with Crippen LogP contribution in [0.25, 0.3) is 10.8 Å². The van der Waals surface area contributed by atoms with Crippen molar-refractivity contribution in [3.05, 3.63) is 71.3 Å². The molecule has 0 aromatic heterocycles. The smallest absolute Gasteiger partial charge is 0.487 e. The summed E-state index contributed by atoms with van der Waals surface area (Å²) < 4.78 is 51.3. The van der Waals surface area contributed by atoms with Crippen molar-refractivity contribution in [2.24, 2.45) is 0 Å². The van der Waals surface area contributed by atoms with Gasteiger partial charge in [0.25, 0.3) is 0 Å². The summed E-state index contributed by atoms with van der Waals surface area (Å²) in [6.45, 7) is 1.98. The van der Waals surface area contributed by atoms with Crippen molar-refractivity contribution in [1.29, 1.82) is 0 Å². The van der Waals surface area contributed by atoms with E-state index < -0.39 is 12.3 Å². The fourth-order valence-electron chi connectivity index (χ4n) is 2.78. The monoisotopic (exact) mass is 390 g/mol. The molecule has 0 radical (unpaired) electrons. The Hall–Kier alpha value is -3.22. The lowest BCUT2D eigenvalue weighted by atomic mass is 10.0. The topological polar surface area (TPSA) is 44.8 Å². The maximum Gasteiger partial charge on any atom is 0.573 e. The number of fused-ring (bicyclic) bond motifs is 1. The molecule has 0 heterocycles. The van der Waals surface area contributed by atoms with E-state index in [9.17, 15) is 18.0 Å². The lowest BCUT2D eigenvalue weighted by molar-refractivity contribution is -0.274. The van der Waals surface area contributed by atoms with Gasteiger partial charge in [0.05, 0.1) is 7.11 Å². The minimum atomic E-state index is -4.74. The van der Waals surface area contributed by atoms with Crippen molar-refractivity contribution in [2.75, 3.05) is 7.11 Å². The van der Waals surface area contributed by atoms with Gasteiger partial charge in [-0.2, -0.15) is 0 Å². The molecular weight excluding hydrogens is 373 g/mol. The summed E-state index contributed by atoms with van der Waals surface area (Å²) >= 11 is 0. The highest BCUT2D eigenvalue weighted by atomic mass is 19.4. The molecule has 0 aliphatic rings. The minimum Gasteiger partial charge on any atom is -0.487 e. The van der Waals surface area contributed by atoms with Gasteiger partial charge in [0, 0.05) is 5.39 Å². The predicted octanol–water partition coefficient (Wildman–Crippen LogP) is 5.41. The Bertz CT molecular complexity index is 995. The number of methoxy groups -OCH3 is 1. The first kappa shape index (κ1) is 19.5. The van der Waals surface area contributed by atoms with E-state index >= 15 is 0 Å². The van der Waals surface area contributed by atoms with Crippen LogP contribution in [0.5, 0.6) is 11.5 Å². The Balaban J connectivity index is 1.88. The predicted molar refractivity (Wildman–Crippen MR) is 97.5 cm³/mol. The summed E-state index contributed by atoms with van der Waals surface area (Å²) in [6, 6.07) is 14.5. The average molecular weight is 390 g/mol. The minimum absolute atomic E-state index is 0.0589. The molecule has 146 valence electrons. The molecule has 3 aromatic carbocycles. The molecule has 3 aromatic rings. The van der Waals surface area contributed by atoms with Crippen LogP contribution in [0.1, 0.15) is 21.5 Å². The number of halogens is 3. The van der Waals surface area contributed by atoms with Crippen LogP contribution in [0.2, 0.25) is 0 Å². The molecule has 3 rings (SSSR count). The molecule has 4 nitrogen and oxygen atoms in total. The summed E-state index contributed by atoms with van der Waals surface area (Å²) in [5.41, 5.74) is 1.89. The van der Waals surface area contributed by atoms with E-state index in [1.807, 2.05) is 25.1 Å². The fraction of sp³-hybridized carbons (Fsp3) is 0.190. The number of alkyl halides is 3. The lowest BCUT2D eigenvalue weighted by Gasteiger charge is -2.14. The zero-order chi connectivity index (χ0) is 20.3. The van der Waals surface area contributed by atoms with E-state index in [2.05, 4.69) is 4.74 Å². The van der Waals surface area contributed by atoms with Crippen molar-refractivity contribution < 1.29 is 32.2 Å². The van der Waals surface area contributed by atoms with E-state index in [-0.39, 0.29) is 17.9 Å². The van der Waals surface area contributed by atoms with Crippen LogP contribution in [-0.4, -0.2) is 19.4 Å². The van der Waals surface area contributed by atoms with Crippen molar-refractivity contribution in [1.82, 2.24) is 0 Å². The Kier molecular flexibility index (Phi) is 5.44. The molecule has 0 bridgehead atoms. The number of benzene rings is 3. The summed E-state index contributed by atoms with van der Waals surface area (Å²) in [6.07, 6.45) is -4.74. The Morgan fingerprint density at radius 2 is 1.68 bits per heavy atom. The van der Waals surface area contributed by atoms with E-state index in [1.54, 1.807) is 12.1 Å². The molecule has 0 N–H and O–H groups in total. The van der Waals surface area contributed by atoms with Gasteiger partial charge in [-0.1, -0.05) is 35.9 Å². The molecule has 0 saturated heterocycles. The van der Waals surface area contributed by atoms with Crippen LogP contribution in [-0.2, 0) is 11.3 Å². The van der Waals surface area contributed by atoms with Gasteiger partial charge >= 0.3 is 12.3 Å². The first-order chi connectivity index (χ1) is 13.3. The molecule has 0 spiro atoms. The van der Waals surface area contributed by atoms with Gasteiger partial charge in [0.2, 0.25) is 0 Å². The average Bonchev–Trinajstić information content (AvgIpc) is 2.65. The highest BCUT2D eigenvalue weighted by molar-refractivity contribution is 6.01. The van der Waals surface area contributed by atoms with Crippen molar-refractivity contribution in [2.45, 2.75) is 19.9 Å². The van der Waals surface area contributed by atoms with Crippen molar-refractivity contribution in [3.63, 3.8) is 0 Å². The van der Waals surface area contributed by atoms with Crippen LogP contribution in [0.3, 0.4) is 0 Å². The molecule has 0 aliphatic carbocycles. The molecule has 7 heteroatoms. The van der Waals surface area contributed by atoms with Gasteiger partial charge in [-0.25, -0.2) is 4.79 Å². The van der Waals surface area contributed by atoms with Gasteiger partial charge in [-0.05, 0) is 42.1 Å². The summed E-state index contributed by atoms with van der Waals surface area (Å²) in [7, 11) is 1.28. The first-order valence-corrected chi connectivity index (χ1v) is 8.36. The second-order valence-electron chi connectivity index (χ2n) is 6.14. The van der Waals surface area contributed by atoms with Crippen LogP contribution >= 0.6 is 0 Å². The van der Waals surface area contributed by atoms with Gasteiger partial charge < -0.3 is 14.2 Å². The molecule has 0 fully saturated rings. The molecule has 28 heavy (non-hydrogen) atoms. The number of ether oxygens (including phenoxy) is 3. The van der Waals surface area contributed by atoms with Crippen molar-refractivity contribution in [3.8, 4) is 11.5 Å². The quantitative estimate of drug-likeness (QED) is 0.546. The van der Waals surface area contributed by atoms with Crippen LogP contribution in [0, 0.1) is 6.92 Å². The molecule has 0 unspecified atom stereocenters. The fourth-order valence-corrected chi connectivity index (χ4v) is 2.78. The maximum absolute atomic E-state index is 12.3. The Labute approximate surface area is 159 Å². The molecule has 0 aliphatic heterocycles. The second-order valence-corrected chi connectivity index (χ2v) is 6.14. The third-order valence-corrected chi connectivity index (χ3v) is 4.07. The second kappa shape index (κ2) is 7.80. The third-order valence-electron chi connectivity index (χ3n) is 4.07. The van der Waals surface area contributed by atoms with E-state index in [1.165, 1.54) is 31.4 Å². The van der Waals surface area contributed by atoms with Gasteiger partial charge in [0.15, 0.2) is 0 Å². The maximum atomic E-state index is 12.3. The Morgan fingerprint density at radius 1 is 1.00 bits per heavy atom. The van der Waals surface area contributed by atoms with Crippen LogP contribution < -0.4 is 9.47 Å².